The van der Waals surface area contributed by atoms with Crippen LogP contribution >= 0.6 is 0 Å². The first-order valence-corrected chi connectivity index (χ1v) is 9.43. The standard InChI is InChI=1S/C26H21N/c1-19-11-13-23(14-12-19)27(22-8-3-2-4-9-22)24-15-16-26-21(18-24)17-20-7-5-6-10-25(20)26/h2-16,18H,17H2,1H3. The van der Waals surface area contributed by atoms with E-state index in [9.17, 15) is 0 Å². The molecule has 1 aliphatic carbocycles. The number of aryl methyl sites for hydroxylation is 1. The molecule has 0 spiro atoms. The number of nitrogens with zero attached hydrogens (tertiary/aromatic N) is 1. The van der Waals surface area contributed by atoms with Gasteiger partial charge in [-0.25, -0.2) is 0 Å². The molecular formula is C26H21N. The molecule has 0 fully saturated rings. The second-order valence-electron chi connectivity index (χ2n) is 7.18. The predicted molar refractivity (Wildman–Crippen MR) is 114 cm³/mol. The number of hydrogen-bond donors (Lipinski definition) is 0. The normalized spacial score (nSPS) is 11.7. The zero-order chi connectivity index (χ0) is 18.2. The highest BCUT2D eigenvalue weighted by Gasteiger charge is 2.20. The summed E-state index contributed by atoms with van der Waals surface area (Å²) in [5.74, 6) is 0. The van der Waals surface area contributed by atoms with Crippen molar-refractivity contribution in [3.8, 4) is 11.1 Å². The Balaban J connectivity index is 1.63. The monoisotopic (exact) mass is 347 g/mol. The van der Waals surface area contributed by atoms with Crippen LogP contribution in [0.5, 0.6) is 0 Å². The van der Waals surface area contributed by atoms with Gasteiger partial charge in [0.15, 0.2) is 0 Å². The Bertz CT molecular complexity index is 1090. The van der Waals surface area contributed by atoms with E-state index in [1.54, 1.807) is 0 Å². The van der Waals surface area contributed by atoms with E-state index in [4.69, 9.17) is 0 Å². The van der Waals surface area contributed by atoms with Crippen LogP contribution < -0.4 is 4.90 Å². The van der Waals surface area contributed by atoms with Crippen molar-refractivity contribution < 1.29 is 0 Å². The molecule has 27 heavy (non-hydrogen) atoms. The third kappa shape index (κ3) is 2.82. The van der Waals surface area contributed by atoms with E-state index in [0.29, 0.717) is 0 Å². The molecule has 0 unspecified atom stereocenters. The first kappa shape index (κ1) is 15.9. The molecule has 4 aromatic rings. The highest BCUT2D eigenvalue weighted by molar-refractivity contribution is 5.83. The summed E-state index contributed by atoms with van der Waals surface area (Å²) in [6.45, 7) is 2.13. The number of rotatable bonds is 3. The van der Waals surface area contributed by atoms with Gasteiger partial charge in [0.25, 0.3) is 0 Å². The summed E-state index contributed by atoms with van der Waals surface area (Å²) >= 11 is 0. The van der Waals surface area contributed by atoms with E-state index in [1.807, 2.05) is 0 Å². The fourth-order valence-electron chi connectivity index (χ4n) is 3.99. The smallest absolute Gasteiger partial charge is 0.0464 e. The second kappa shape index (κ2) is 6.44. The zero-order valence-corrected chi connectivity index (χ0v) is 15.4. The third-order valence-corrected chi connectivity index (χ3v) is 5.34. The Morgan fingerprint density at radius 3 is 2.00 bits per heavy atom. The molecule has 130 valence electrons. The highest BCUT2D eigenvalue weighted by Crippen LogP contribution is 2.41. The summed E-state index contributed by atoms with van der Waals surface area (Å²) in [7, 11) is 0. The molecule has 5 rings (SSSR count). The lowest BCUT2D eigenvalue weighted by Gasteiger charge is -2.26. The minimum atomic E-state index is 1.01. The van der Waals surface area contributed by atoms with Crippen molar-refractivity contribution >= 4 is 17.1 Å². The molecule has 0 saturated heterocycles. The zero-order valence-electron chi connectivity index (χ0n) is 15.4. The molecule has 4 aromatic carbocycles. The van der Waals surface area contributed by atoms with Gasteiger partial charge in [-0.15, -0.1) is 0 Å². The number of anilines is 3. The van der Waals surface area contributed by atoms with Crippen molar-refractivity contribution in [2.75, 3.05) is 4.90 Å². The van der Waals surface area contributed by atoms with E-state index >= 15 is 0 Å². The summed E-state index contributed by atoms with van der Waals surface area (Å²) in [5, 5.41) is 0. The van der Waals surface area contributed by atoms with Gasteiger partial charge in [-0.3, -0.25) is 0 Å². The van der Waals surface area contributed by atoms with Gasteiger partial charge in [0.05, 0.1) is 0 Å². The molecule has 1 heteroatoms. The van der Waals surface area contributed by atoms with Gasteiger partial charge >= 0.3 is 0 Å². The Kier molecular flexibility index (Phi) is 3.79. The molecule has 0 N–H and O–H groups in total. The number of fused-ring (bicyclic) bond motifs is 3. The largest absolute Gasteiger partial charge is 0.310 e. The van der Waals surface area contributed by atoms with Crippen molar-refractivity contribution in [2.24, 2.45) is 0 Å². The summed E-state index contributed by atoms with van der Waals surface area (Å²) < 4.78 is 0. The van der Waals surface area contributed by atoms with Crippen molar-refractivity contribution in [3.05, 3.63) is 114 Å². The van der Waals surface area contributed by atoms with Crippen molar-refractivity contribution in [3.63, 3.8) is 0 Å². The fraction of sp³-hybridized carbons (Fsp3) is 0.0769. The lowest BCUT2D eigenvalue weighted by Crippen LogP contribution is -2.10. The molecule has 1 nitrogen and oxygen atoms in total. The maximum Gasteiger partial charge on any atom is 0.0464 e. The number of hydrogen-bond acceptors (Lipinski definition) is 1. The third-order valence-electron chi connectivity index (χ3n) is 5.34. The number of para-hydroxylation sites is 1. The van der Waals surface area contributed by atoms with E-state index in [-0.39, 0.29) is 0 Å². The van der Waals surface area contributed by atoms with Crippen molar-refractivity contribution in [2.45, 2.75) is 13.3 Å². The Hall–Kier alpha value is -3.32. The van der Waals surface area contributed by atoms with Gasteiger partial charge in [-0.05, 0) is 72.0 Å². The quantitative estimate of drug-likeness (QED) is 0.338. The molecule has 0 heterocycles. The Labute approximate surface area is 160 Å². The van der Waals surface area contributed by atoms with Crippen molar-refractivity contribution in [1.29, 1.82) is 0 Å². The second-order valence-corrected chi connectivity index (χ2v) is 7.18. The average Bonchev–Trinajstić information content (AvgIpc) is 3.08. The first-order valence-electron chi connectivity index (χ1n) is 9.43. The van der Waals surface area contributed by atoms with Crippen LogP contribution in [0.4, 0.5) is 17.1 Å². The summed E-state index contributed by atoms with van der Waals surface area (Å²) in [4.78, 5) is 2.34. The van der Waals surface area contributed by atoms with E-state index in [1.165, 1.54) is 44.9 Å². The average molecular weight is 347 g/mol. The molecule has 0 aliphatic heterocycles. The molecule has 1 aliphatic rings. The van der Waals surface area contributed by atoms with Gasteiger partial charge in [-0.2, -0.15) is 0 Å². The predicted octanol–water partition coefficient (Wildman–Crippen LogP) is 7.04. The van der Waals surface area contributed by atoms with Gasteiger partial charge in [0.2, 0.25) is 0 Å². The summed E-state index contributed by atoms with van der Waals surface area (Å²) in [6, 6.07) is 35.0. The van der Waals surface area contributed by atoms with Crippen LogP contribution in [0.15, 0.2) is 97.1 Å². The van der Waals surface area contributed by atoms with Crippen LogP contribution in [0.25, 0.3) is 11.1 Å². The van der Waals surface area contributed by atoms with Crippen LogP contribution in [0.3, 0.4) is 0 Å². The van der Waals surface area contributed by atoms with Crippen molar-refractivity contribution in [1.82, 2.24) is 0 Å². The lowest BCUT2D eigenvalue weighted by atomic mass is 10.0. The molecule has 0 bridgehead atoms. The SMILES string of the molecule is Cc1ccc(N(c2ccccc2)c2ccc3c(c2)Cc2ccccc2-3)cc1. The maximum atomic E-state index is 2.35. The minimum absolute atomic E-state index is 1.01. The fourth-order valence-corrected chi connectivity index (χ4v) is 3.99. The van der Waals surface area contributed by atoms with Gasteiger partial charge in [-0.1, -0.05) is 66.2 Å². The summed E-state index contributed by atoms with van der Waals surface area (Å²) in [5.41, 5.74) is 10.4. The van der Waals surface area contributed by atoms with E-state index in [2.05, 4.69) is 109 Å². The van der Waals surface area contributed by atoms with Gasteiger partial charge < -0.3 is 4.90 Å². The topological polar surface area (TPSA) is 3.24 Å². The van der Waals surface area contributed by atoms with E-state index < -0.39 is 0 Å². The minimum Gasteiger partial charge on any atom is -0.310 e. The molecule has 0 atom stereocenters. The Morgan fingerprint density at radius 1 is 0.556 bits per heavy atom. The molecule has 0 saturated carbocycles. The maximum absolute atomic E-state index is 2.35. The molecular weight excluding hydrogens is 326 g/mol. The van der Waals surface area contributed by atoms with Gasteiger partial charge in [0, 0.05) is 17.1 Å². The molecule has 0 amide bonds. The molecule has 0 radical (unpaired) electrons. The van der Waals surface area contributed by atoms with Crippen LogP contribution in [0.2, 0.25) is 0 Å². The van der Waals surface area contributed by atoms with Crippen LogP contribution in [-0.2, 0) is 6.42 Å². The van der Waals surface area contributed by atoms with Crippen LogP contribution in [0.1, 0.15) is 16.7 Å². The summed E-state index contributed by atoms with van der Waals surface area (Å²) in [6.07, 6.45) is 1.01. The van der Waals surface area contributed by atoms with Crippen LogP contribution in [-0.4, -0.2) is 0 Å². The first-order chi connectivity index (χ1) is 13.3. The van der Waals surface area contributed by atoms with Crippen LogP contribution in [0, 0.1) is 6.92 Å². The highest BCUT2D eigenvalue weighted by atomic mass is 15.1. The van der Waals surface area contributed by atoms with E-state index in [0.717, 1.165) is 6.42 Å². The Morgan fingerprint density at radius 2 is 1.19 bits per heavy atom. The molecule has 0 aromatic heterocycles. The van der Waals surface area contributed by atoms with Gasteiger partial charge in [0.1, 0.15) is 0 Å². The number of benzene rings is 4. The lowest BCUT2D eigenvalue weighted by molar-refractivity contribution is 1.23.